The van der Waals surface area contributed by atoms with Gasteiger partial charge in [0.2, 0.25) is 22.7 Å². The summed E-state index contributed by atoms with van der Waals surface area (Å²) in [6.45, 7) is 2.55. The van der Waals surface area contributed by atoms with E-state index in [0.717, 1.165) is 18.4 Å². The third kappa shape index (κ3) is 4.56. The van der Waals surface area contributed by atoms with E-state index in [1.54, 1.807) is 41.4 Å². The molecule has 2 aromatic carbocycles. The largest absolute Gasteiger partial charge is 0.454 e. The van der Waals surface area contributed by atoms with E-state index in [4.69, 9.17) is 9.47 Å². The third-order valence-corrected chi connectivity index (χ3v) is 7.84. The molecule has 3 heterocycles. The van der Waals surface area contributed by atoms with Crippen LogP contribution in [0.5, 0.6) is 11.5 Å². The van der Waals surface area contributed by atoms with E-state index in [-0.39, 0.29) is 30.7 Å². The Morgan fingerprint density at radius 1 is 1.06 bits per heavy atom. The Labute approximate surface area is 198 Å². The summed E-state index contributed by atoms with van der Waals surface area (Å²) < 4.78 is 39.9. The molecule has 2 aliphatic rings. The van der Waals surface area contributed by atoms with Crippen LogP contribution in [0.25, 0.3) is 10.9 Å². The predicted molar refractivity (Wildman–Crippen MR) is 126 cm³/mol. The number of carbonyl (C=O) groups is 1. The third-order valence-electron chi connectivity index (χ3n) is 6.01. The summed E-state index contributed by atoms with van der Waals surface area (Å²) in [6.07, 6.45) is 2.40. The number of sulfonamides is 1. The predicted octanol–water partition coefficient (Wildman–Crippen LogP) is 1.98. The first-order valence-electron chi connectivity index (χ1n) is 11.2. The number of hydrogen-bond donors (Lipinski definition) is 1. The molecule has 0 saturated carbocycles. The van der Waals surface area contributed by atoms with Crippen LogP contribution in [0.3, 0.4) is 0 Å². The first-order valence-corrected chi connectivity index (χ1v) is 12.7. The van der Waals surface area contributed by atoms with Crippen molar-refractivity contribution in [3.63, 3.8) is 0 Å². The van der Waals surface area contributed by atoms with Gasteiger partial charge in [-0.3, -0.25) is 9.78 Å². The van der Waals surface area contributed by atoms with Gasteiger partial charge < -0.3 is 19.7 Å². The lowest BCUT2D eigenvalue weighted by atomic mass is 10.2. The molecule has 1 aromatic heterocycles. The molecule has 3 aromatic rings. The first-order chi connectivity index (χ1) is 16.5. The highest BCUT2D eigenvalue weighted by molar-refractivity contribution is 7.89. The molecule has 178 valence electrons. The summed E-state index contributed by atoms with van der Waals surface area (Å²) >= 11 is 0. The lowest BCUT2D eigenvalue weighted by Gasteiger charge is -2.26. The Morgan fingerprint density at radius 3 is 2.82 bits per heavy atom. The van der Waals surface area contributed by atoms with Gasteiger partial charge in [-0.05, 0) is 42.8 Å². The van der Waals surface area contributed by atoms with E-state index >= 15 is 0 Å². The maximum absolute atomic E-state index is 13.9. The molecule has 0 radical (unpaired) electrons. The second-order valence-electron chi connectivity index (χ2n) is 8.28. The maximum atomic E-state index is 13.9. The fourth-order valence-corrected chi connectivity index (χ4v) is 5.78. The minimum atomic E-state index is -4.05. The van der Waals surface area contributed by atoms with E-state index in [9.17, 15) is 13.2 Å². The van der Waals surface area contributed by atoms with Crippen molar-refractivity contribution in [1.82, 2.24) is 19.5 Å². The average Bonchev–Trinajstić information content (AvgIpc) is 3.14. The molecule has 0 aliphatic carbocycles. The van der Waals surface area contributed by atoms with Crippen molar-refractivity contribution in [2.75, 3.05) is 39.5 Å². The normalized spacial score (nSPS) is 16.1. The summed E-state index contributed by atoms with van der Waals surface area (Å²) in [4.78, 5) is 19.3. The zero-order chi connectivity index (χ0) is 23.5. The SMILES string of the molecule is O=C(CN(Cc1ccc2c(c1)OCO2)S(=O)(=O)c1cccc2cccnc12)N1CCCNCC1. The van der Waals surface area contributed by atoms with E-state index in [1.807, 2.05) is 12.1 Å². The van der Waals surface area contributed by atoms with Crippen molar-refractivity contribution in [3.8, 4) is 11.5 Å². The van der Waals surface area contributed by atoms with Crippen LogP contribution >= 0.6 is 0 Å². The van der Waals surface area contributed by atoms with Gasteiger partial charge in [0, 0.05) is 37.8 Å². The number of nitrogens with one attached hydrogen (secondary N) is 1. The fraction of sp³-hybridized carbons (Fsp3) is 0.333. The highest BCUT2D eigenvalue weighted by atomic mass is 32.2. The monoisotopic (exact) mass is 482 g/mol. The van der Waals surface area contributed by atoms with E-state index in [1.165, 1.54) is 10.4 Å². The van der Waals surface area contributed by atoms with Crippen molar-refractivity contribution in [2.24, 2.45) is 0 Å². The molecule has 5 rings (SSSR count). The van der Waals surface area contributed by atoms with Crippen LogP contribution in [0.1, 0.15) is 12.0 Å². The highest BCUT2D eigenvalue weighted by Crippen LogP contribution is 2.33. The van der Waals surface area contributed by atoms with Gasteiger partial charge in [-0.25, -0.2) is 8.42 Å². The van der Waals surface area contributed by atoms with Crippen molar-refractivity contribution in [1.29, 1.82) is 0 Å². The Morgan fingerprint density at radius 2 is 1.91 bits per heavy atom. The van der Waals surface area contributed by atoms with Crippen molar-refractivity contribution >= 4 is 26.8 Å². The lowest BCUT2D eigenvalue weighted by Crippen LogP contribution is -2.43. The summed E-state index contributed by atoms with van der Waals surface area (Å²) in [5.74, 6) is 0.956. The van der Waals surface area contributed by atoms with Gasteiger partial charge >= 0.3 is 0 Å². The van der Waals surface area contributed by atoms with Crippen LogP contribution in [-0.4, -0.2) is 68.0 Å². The number of fused-ring (bicyclic) bond motifs is 2. The minimum absolute atomic E-state index is 0.0139. The summed E-state index contributed by atoms with van der Waals surface area (Å²) in [7, 11) is -4.05. The second-order valence-corrected chi connectivity index (χ2v) is 10.2. The number of rotatable bonds is 6. The molecule has 1 saturated heterocycles. The highest BCUT2D eigenvalue weighted by Gasteiger charge is 2.31. The summed E-state index contributed by atoms with van der Waals surface area (Å²) in [5, 5.41) is 3.98. The van der Waals surface area contributed by atoms with Crippen LogP contribution in [0.4, 0.5) is 0 Å². The van der Waals surface area contributed by atoms with Crippen LogP contribution in [0.15, 0.2) is 59.6 Å². The Kier molecular flexibility index (Phi) is 6.36. The first kappa shape index (κ1) is 22.6. The van der Waals surface area contributed by atoms with Crippen LogP contribution in [0, 0.1) is 0 Å². The molecular formula is C24H26N4O5S. The molecule has 1 N–H and O–H groups in total. The smallest absolute Gasteiger partial charge is 0.246 e. The standard InChI is InChI=1S/C24H26N4O5S/c29-23(27-12-3-9-25-11-13-27)16-28(15-18-7-8-20-21(14-18)33-17-32-20)34(30,31)22-6-1-4-19-5-2-10-26-24(19)22/h1-2,4-8,10,14,25H,3,9,11-13,15-17H2. The second kappa shape index (κ2) is 9.57. The number of carbonyl (C=O) groups excluding carboxylic acids is 1. The summed E-state index contributed by atoms with van der Waals surface area (Å²) in [5.41, 5.74) is 1.08. The van der Waals surface area contributed by atoms with E-state index < -0.39 is 10.0 Å². The molecule has 0 bridgehead atoms. The average molecular weight is 483 g/mol. The van der Waals surface area contributed by atoms with Gasteiger partial charge in [-0.2, -0.15) is 4.31 Å². The topological polar surface area (TPSA) is 101 Å². The van der Waals surface area contributed by atoms with Crippen molar-refractivity contribution < 1.29 is 22.7 Å². The van der Waals surface area contributed by atoms with Gasteiger partial charge in [0.25, 0.3) is 0 Å². The number of aromatic nitrogens is 1. The maximum Gasteiger partial charge on any atom is 0.246 e. The molecule has 0 atom stereocenters. The Balaban J connectivity index is 1.50. The molecule has 10 heteroatoms. The van der Waals surface area contributed by atoms with Gasteiger partial charge in [-0.15, -0.1) is 0 Å². The molecule has 1 amide bonds. The Bertz CT molecular complexity index is 1300. The number of nitrogens with zero attached hydrogens (tertiary/aromatic N) is 3. The van der Waals surface area contributed by atoms with Gasteiger partial charge in [-0.1, -0.05) is 24.3 Å². The zero-order valence-corrected chi connectivity index (χ0v) is 19.5. The van der Waals surface area contributed by atoms with Crippen molar-refractivity contribution in [3.05, 3.63) is 60.3 Å². The molecule has 2 aliphatic heterocycles. The number of benzene rings is 2. The number of pyridine rings is 1. The minimum Gasteiger partial charge on any atom is -0.454 e. The van der Waals surface area contributed by atoms with Crippen LogP contribution < -0.4 is 14.8 Å². The molecular weight excluding hydrogens is 456 g/mol. The van der Waals surface area contributed by atoms with Gasteiger partial charge in [0.05, 0.1) is 12.1 Å². The molecule has 0 unspecified atom stereocenters. The molecule has 1 fully saturated rings. The number of amides is 1. The Hall–Kier alpha value is -3.21. The summed E-state index contributed by atoms with van der Waals surface area (Å²) in [6, 6.07) is 13.9. The quantitative estimate of drug-likeness (QED) is 0.573. The fourth-order valence-electron chi connectivity index (χ4n) is 4.24. The van der Waals surface area contributed by atoms with Gasteiger partial charge in [0.15, 0.2) is 11.5 Å². The van der Waals surface area contributed by atoms with E-state index in [2.05, 4.69) is 10.3 Å². The molecule has 0 spiro atoms. The number of hydrogen-bond acceptors (Lipinski definition) is 7. The lowest BCUT2D eigenvalue weighted by molar-refractivity contribution is -0.131. The van der Waals surface area contributed by atoms with Crippen LogP contribution in [-0.2, 0) is 21.4 Å². The molecule has 9 nitrogen and oxygen atoms in total. The molecule has 34 heavy (non-hydrogen) atoms. The zero-order valence-electron chi connectivity index (χ0n) is 18.6. The van der Waals surface area contributed by atoms with Crippen molar-refractivity contribution in [2.45, 2.75) is 17.9 Å². The number of ether oxygens (including phenoxy) is 2. The van der Waals surface area contributed by atoms with Crippen LogP contribution in [0.2, 0.25) is 0 Å². The number of para-hydroxylation sites is 1. The van der Waals surface area contributed by atoms with Gasteiger partial charge in [0.1, 0.15) is 4.90 Å². The van der Waals surface area contributed by atoms with E-state index in [0.29, 0.717) is 42.2 Å².